The predicted molar refractivity (Wildman–Crippen MR) is 87.3 cm³/mol. The van der Waals surface area contributed by atoms with E-state index in [1.54, 1.807) is 24.9 Å². The van der Waals surface area contributed by atoms with Crippen molar-refractivity contribution in [2.24, 2.45) is 7.05 Å². The third kappa shape index (κ3) is 5.23. The Kier molecular flexibility index (Phi) is 6.08. The van der Waals surface area contributed by atoms with Crippen LogP contribution in [0.25, 0.3) is 0 Å². The fraction of sp³-hybridized carbons (Fsp3) is 0.385. The van der Waals surface area contributed by atoms with E-state index in [-0.39, 0.29) is 17.2 Å². The highest BCUT2D eigenvalue weighted by atomic mass is 32.2. The lowest BCUT2D eigenvalue weighted by atomic mass is 10.5. The quantitative estimate of drug-likeness (QED) is 0.441. The zero-order valence-electron chi connectivity index (χ0n) is 12.3. The van der Waals surface area contributed by atoms with Gasteiger partial charge in [-0.05, 0) is 6.92 Å². The summed E-state index contributed by atoms with van der Waals surface area (Å²) in [7, 11) is 1.93. The van der Waals surface area contributed by atoms with E-state index < -0.39 is 0 Å². The number of carbonyl (C=O) groups is 1. The van der Waals surface area contributed by atoms with Crippen LogP contribution in [0.15, 0.2) is 33.6 Å². The molecule has 0 saturated heterocycles. The molecule has 0 spiro atoms. The van der Waals surface area contributed by atoms with Gasteiger partial charge in [-0.3, -0.25) is 9.59 Å². The van der Waals surface area contributed by atoms with Crippen LogP contribution in [0, 0.1) is 6.92 Å². The molecule has 1 amide bonds. The van der Waals surface area contributed by atoms with E-state index >= 15 is 0 Å². The van der Waals surface area contributed by atoms with Gasteiger partial charge in [-0.15, -0.1) is 0 Å². The molecule has 0 fully saturated rings. The largest absolute Gasteiger partial charge is 0.355 e. The van der Waals surface area contributed by atoms with Gasteiger partial charge in [0, 0.05) is 43.5 Å². The Labute approximate surface area is 136 Å². The van der Waals surface area contributed by atoms with Crippen LogP contribution in [0.5, 0.6) is 0 Å². The molecule has 0 aromatic carbocycles. The molecule has 0 unspecified atom stereocenters. The van der Waals surface area contributed by atoms with Crippen molar-refractivity contribution in [1.82, 2.24) is 24.8 Å². The third-order valence-electron chi connectivity index (χ3n) is 2.62. The van der Waals surface area contributed by atoms with E-state index in [1.165, 1.54) is 17.8 Å². The van der Waals surface area contributed by atoms with Crippen molar-refractivity contribution in [3.8, 4) is 0 Å². The Morgan fingerprint density at radius 3 is 2.95 bits per heavy atom. The van der Waals surface area contributed by atoms with Crippen molar-refractivity contribution in [2.75, 3.05) is 18.1 Å². The van der Waals surface area contributed by atoms with Gasteiger partial charge >= 0.3 is 0 Å². The highest BCUT2D eigenvalue weighted by Crippen LogP contribution is 2.13. The molecule has 2 rings (SSSR count). The molecule has 2 aromatic heterocycles. The Morgan fingerprint density at radius 2 is 2.27 bits per heavy atom. The number of aryl methyl sites for hydroxylation is 2. The van der Waals surface area contributed by atoms with Crippen LogP contribution in [-0.4, -0.2) is 43.5 Å². The number of carbonyl (C=O) groups excluding carboxylic acids is 1. The summed E-state index contributed by atoms with van der Waals surface area (Å²) in [5, 5.41) is 4.21. The van der Waals surface area contributed by atoms with Crippen LogP contribution < -0.4 is 10.9 Å². The zero-order valence-corrected chi connectivity index (χ0v) is 14.0. The number of hydrogen-bond acceptors (Lipinski definition) is 6. The van der Waals surface area contributed by atoms with Crippen LogP contribution in [0.3, 0.4) is 0 Å². The maximum absolute atomic E-state index is 11.7. The van der Waals surface area contributed by atoms with Gasteiger partial charge in [0.15, 0.2) is 10.3 Å². The van der Waals surface area contributed by atoms with Crippen LogP contribution in [0.1, 0.15) is 5.69 Å². The number of aromatic amines is 1. The van der Waals surface area contributed by atoms with E-state index in [0.29, 0.717) is 17.4 Å². The molecule has 2 aromatic rings. The molecule has 0 aliphatic rings. The molecule has 9 heteroatoms. The van der Waals surface area contributed by atoms with E-state index in [4.69, 9.17) is 0 Å². The molecular formula is C13H17N5O2S2. The van der Waals surface area contributed by atoms with Crippen molar-refractivity contribution in [2.45, 2.75) is 17.2 Å². The lowest BCUT2D eigenvalue weighted by Gasteiger charge is -2.05. The number of thioether (sulfide) groups is 2. The monoisotopic (exact) mass is 339 g/mol. The van der Waals surface area contributed by atoms with Gasteiger partial charge in [0.1, 0.15) is 0 Å². The number of nitrogens with one attached hydrogen (secondary N) is 2. The first-order chi connectivity index (χ1) is 10.5. The minimum Gasteiger partial charge on any atom is -0.355 e. The molecule has 22 heavy (non-hydrogen) atoms. The van der Waals surface area contributed by atoms with Crippen LogP contribution in [-0.2, 0) is 11.8 Å². The molecule has 0 radical (unpaired) electrons. The summed E-state index contributed by atoms with van der Waals surface area (Å²) in [5.41, 5.74) is 0.431. The Balaban J connectivity index is 1.67. The summed E-state index contributed by atoms with van der Waals surface area (Å²) < 4.78 is 1.93. The van der Waals surface area contributed by atoms with E-state index in [2.05, 4.69) is 20.3 Å². The fourth-order valence-corrected chi connectivity index (χ4v) is 3.17. The maximum Gasteiger partial charge on any atom is 0.251 e. The van der Waals surface area contributed by atoms with Gasteiger partial charge in [0.25, 0.3) is 5.56 Å². The second kappa shape index (κ2) is 8.04. The van der Waals surface area contributed by atoms with Crippen molar-refractivity contribution in [3.63, 3.8) is 0 Å². The molecule has 7 nitrogen and oxygen atoms in total. The zero-order chi connectivity index (χ0) is 15.9. The molecule has 2 N–H and O–H groups in total. The van der Waals surface area contributed by atoms with Gasteiger partial charge < -0.3 is 14.9 Å². The van der Waals surface area contributed by atoms with Crippen LogP contribution >= 0.6 is 23.5 Å². The summed E-state index contributed by atoms with van der Waals surface area (Å²) in [6.07, 6.45) is 3.63. The Hall–Kier alpha value is -1.74. The molecule has 2 heterocycles. The maximum atomic E-state index is 11.7. The van der Waals surface area contributed by atoms with Crippen LogP contribution in [0.4, 0.5) is 0 Å². The molecule has 0 atom stereocenters. The molecule has 0 aliphatic carbocycles. The van der Waals surface area contributed by atoms with Gasteiger partial charge in [-0.1, -0.05) is 23.5 Å². The second-order valence-electron chi connectivity index (χ2n) is 4.50. The number of amides is 1. The summed E-state index contributed by atoms with van der Waals surface area (Å²) in [6, 6.07) is 1.42. The standard InChI is InChI=1S/C13H17N5O2S2/c1-9-7-10(19)17-12(16-9)22-8-11(20)14-4-6-21-13-15-3-5-18(13)2/h3,5,7H,4,6,8H2,1-2H3,(H,14,20)(H,16,17,19). The smallest absolute Gasteiger partial charge is 0.251 e. The van der Waals surface area contributed by atoms with Crippen molar-refractivity contribution < 1.29 is 4.79 Å². The summed E-state index contributed by atoms with van der Waals surface area (Å²) in [5.74, 6) is 0.884. The van der Waals surface area contributed by atoms with Gasteiger partial charge in [0.2, 0.25) is 5.91 Å². The van der Waals surface area contributed by atoms with Crippen LogP contribution in [0.2, 0.25) is 0 Å². The Bertz CT molecular complexity index is 698. The second-order valence-corrected chi connectivity index (χ2v) is 6.53. The molecule has 0 aliphatic heterocycles. The number of aromatic nitrogens is 4. The third-order valence-corrected chi connectivity index (χ3v) is 4.55. The fourth-order valence-electron chi connectivity index (χ4n) is 1.63. The topological polar surface area (TPSA) is 92.7 Å². The van der Waals surface area contributed by atoms with Crippen molar-refractivity contribution in [1.29, 1.82) is 0 Å². The number of nitrogens with zero attached hydrogens (tertiary/aromatic N) is 3. The minimum atomic E-state index is -0.207. The van der Waals surface area contributed by atoms with Crippen molar-refractivity contribution >= 4 is 29.4 Å². The van der Waals surface area contributed by atoms with Gasteiger partial charge in [-0.2, -0.15) is 0 Å². The predicted octanol–water partition coefficient (Wildman–Crippen LogP) is 0.812. The number of imidazole rings is 1. The summed E-state index contributed by atoms with van der Waals surface area (Å²) in [6.45, 7) is 2.31. The van der Waals surface area contributed by atoms with Crippen molar-refractivity contribution in [3.05, 3.63) is 34.5 Å². The first-order valence-corrected chi connectivity index (χ1v) is 8.59. The summed E-state index contributed by atoms with van der Waals surface area (Å²) >= 11 is 2.80. The van der Waals surface area contributed by atoms with E-state index in [0.717, 1.165) is 10.9 Å². The lowest BCUT2D eigenvalue weighted by molar-refractivity contribution is -0.118. The van der Waals surface area contributed by atoms with E-state index in [1.807, 2.05) is 17.8 Å². The number of H-pyrrole nitrogens is 1. The normalized spacial score (nSPS) is 10.6. The molecule has 0 bridgehead atoms. The average Bonchev–Trinajstić information content (AvgIpc) is 2.86. The lowest BCUT2D eigenvalue weighted by Crippen LogP contribution is -2.27. The SMILES string of the molecule is Cc1cc(=O)[nH]c(SCC(=O)NCCSc2nccn2C)n1. The molecular weight excluding hydrogens is 322 g/mol. The first-order valence-electron chi connectivity index (χ1n) is 6.62. The molecule has 118 valence electrons. The highest BCUT2D eigenvalue weighted by molar-refractivity contribution is 7.99. The average molecular weight is 339 g/mol. The number of rotatable bonds is 7. The van der Waals surface area contributed by atoms with Gasteiger partial charge in [0.05, 0.1) is 5.75 Å². The van der Waals surface area contributed by atoms with E-state index in [9.17, 15) is 9.59 Å². The minimum absolute atomic E-state index is 0.0883. The summed E-state index contributed by atoms with van der Waals surface area (Å²) in [4.78, 5) is 34.0. The highest BCUT2D eigenvalue weighted by Gasteiger charge is 2.05. The Morgan fingerprint density at radius 1 is 1.45 bits per heavy atom. The molecule has 0 saturated carbocycles. The first kappa shape index (κ1) is 16.6. The van der Waals surface area contributed by atoms with Gasteiger partial charge in [-0.25, -0.2) is 9.97 Å². The number of hydrogen-bond donors (Lipinski definition) is 2.